The summed E-state index contributed by atoms with van der Waals surface area (Å²) in [5.74, 6) is -1.51. The Morgan fingerprint density at radius 1 is 1.52 bits per heavy atom. The number of carbonyl (C=O) groups is 2. The van der Waals surface area contributed by atoms with Crippen molar-refractivity contribution in [2.24, 2.45) is 7.05 Å². The fourth-order valence-corrected chi connectivity index (χ4v) is 2.91. The van der Waals surface area contributed by atoms with E-state index in [2.05, 4.69) is 0 Å². The first-order valence-corrected chi connectivity index (χ1v) is 6.69. The molecule has 1 aliphatic rings. The molecule has 1 fully saturated rings. The van der Waals surface area contributed by atoms with Gasteiger partial charge < -0.3 is 14.6 Å². The molecule has 1 unspecified atom stereocenters. The maximum Gasteiger partial charge on any atom is 0.329 e. The number of carboxylic acid groups (broad SMARTS) is 1. The molecular weight excluding hydrogens is 278 g/mol. The lowest BCUT2D eigenvalue weighted by Gasteiger charge is -2.33. The Bertz CT molecular complexity index is 609. The van der Waals surface area contributed by atoms with Crippen LogP contribution in [0.25, 0.3) is 0 Å². The number of nitro groups is 1. The van der Waals surface area contributed by atoms with Gasteiger partial charge in [0.15, 0.2) is 0 Å². The van der Waals surface area contributed by atoms with Crippen molar-refractivity contribution in [1.82, 2.24) is 9.47 Å². The van der Waals surface area contributed by atoms with Crippen LogP contribution in [0.2, 0.25) is 0 Å². The number of aryl methyl sites for hydroxylation is 1. The second-order valence-electron chi connectivity index (χ2n) is 5.20. The molecule has 1 aromatic heterocycles. The van der Waals surface area contributed by atoms with Gasteiger partial charge in [0, 0.05) is 19.7 Å². The highest BCUT2D eigenvalue weighted by molar-refractivity contribution is 5.97. The van der Waals surface area contributed by atoms with Crippen LogP contribution in [0.15, 0.2) is 12.3 Å². The van der Waals surface area contributed by atoms with Gasteiger partial charge in [0.1, 0.15) is 11.2 Å². The van der Waals surface area contributed by atoms with Gasteiger partial charge in [0.25, 0.3) is 11.6 Å². The van der Waals surface area contributed by atoms with E-state index in [9.17, 15) is 24.8 Å². The Labute approximate surface area is 121 Å². The van der Waals surface area contributed by atoms with Crippen molar-refractivity contribution in [3.63, 3.8) is 0 Å². The first-order chi connectivity index (χ1) is 9.83. The number of aromatic nitrogens is 1. The molecule has 1 aromatic rings. The number of rotatable bonds is 4. The zero-order valence-electron chi connectivity index (χ0n) is 11.9. The Balaban J connectivity index is 2.39. The number of likely N-dealkylation sites (tertiary alicyclic amines) is 1. The molecule has 2 heterocycles. The van der Waals surface area contributed by atoms with E-state index in [4.69, 9.17) is 0 Å². The number of hydrogen-bond donors (Lipinski definition) is 1. The van der Waals surface area contributed by atoms with Crippen molar-refractivity contribution < 1.29 is 19.6 Å². The van der Waals surface area contributed by atoms with Gasteiger partial charge in [-0.3, -0.25) is 14.9 Å². The third-order valence-corrected chi connectivity index (χ3v) is 4.14. The van der Waals surface area contributed by atoms with E-state index in [0.717, 1.165) is 0 Å². The second kappa shape index (κ2) is 5.19. The van der Waals surface area contributed by atoms with E-state index in [-0.39, 0.29) is 11.4 Å². The van der Waals surface area contributed by atoms with Gasteiger partial charge in [-0.25, -0.2) is 4.79 Å². The summed E-state index contributed by atoms with van der Waals surface area (Å²) in [4.78, 5) is 35.7. The fourth-order valence-electron chi connectivity index (χ4n) is 2.91. The average Bonchev–Trinajstić information content (AvgIpc) is 3.02. The molecule has 0 aliphatic carbocycles. The summed E-state index contributed by atoms with van der Waals surface area (Å²) in [6, 6.07) is 1.18. The third-order valence-electron chi connectivity index (χ3n) is 4.14. The zero-order valence-corrected chi connectivity index (χ0v) is 11.9. The zero-order chi connectivity index (χ0) is 15.8. The van der Waals surface area contributed by atoms with Crippen molar-refractivity contribution in [2.45, 2.75) is 31.7 Å². The molecule has 1 N–H and O–H groups in total. The van der Waals surface area contributed by atoms with Crippen LogP contribution < -0.4 is 0 Å². The van der Waals surface area contributed by atoms with Gasteiger partial charge in [-0.15, -0.1) is 0 Å². The predicted octanol–water partition coefficient (Wildman–Crippen LogP) is 1.40. The lowest BCUT2D eigenvalue weighted by molar-refractivity contribution is -0.384. The van der Waals surface area contributed by atoms with Crippen molar-refractivity contribution in [2.75, 3.05) is 6.54 Å². The molecule has 8 heteroatoms. The van der Waals surface area contributed by atoms with Crippen molar-refractivity contribution in [1.29, 1.82) is 0 Å². The number of carbonyl (C=O) groups excluding carboxylic acids is 1. The van der Waals surface area contributed by atoms with E-state index in [1.165, 1.54) is 28.8 Å². The van der Waals surface area contributed by atoms with Crippen LogP contribution in [0.4, 0.5) is 5.69 Å². The molecule has 1 amide bonds. The van der Waals surface area contributed by atoms with E-state index < -0.39 is 22.3 Å². The topological polar surface area (TPSA) is 106 Å². The van der Waals surface area contributed by atoms with Gasteiger partial charge >= 0.3 is 5.97 Å². The molecule has 1 saturated heterocycles. The Morgan fingerprint density at radius 2 is 2.19 bits per heavy atom. The van der Waals surface area contributed by atoms with E-state index in [1.807, 2.05) is 0 Å². The molecule has 0 bridgehead atoms. The highest BCUT2D eigenvalue weighted by Gasteiger charge is 2.49. The molecule has 0 saturated carbocycles. The van der Waals surface area contributed by atoms with Crippen LogP contribution >= 0.6 is 0 Å². The minimum absolute atomic E-state index is 0.127. The molecule has 1 aliphatic heterocycles. The van der Waals surface area contributed by atoms with E-state index in [0.29, 0.717) is 25.8 Å². The smallest absolute Gasteiger partial charge is 0.329 e. The monoisotopic (exact) mass is 295 g/mol. The Kier molecular flexibility index (Phi) is 3.71. The van der Waals surface area contributed by atoms with Gasteiger partial charge in [0.05, 0.1) is 11.1 Å². The van der Waals surface area contributed by atoms with Crippen molar-refractivity contribution in [3.05, 3.63) is 28.1 Å². The first kappa shape index (κ1) is 15.0. The summed E-state index contributed by atoms with van der Waals surface area (Å²) < 4.78 is 1.36. The second-order valence-corrected chi connectivity index (χ2v) is 5.20. The van der Waals surface area contributed by atoms with Gasteiger partial charge in [0.2, 0.25) is 0 Å². The molecule has 8 nitrogen and oxygen atoms in total. The molecule has 0 spiro atoms. The first-order valence-electron chi connectivity index (χ1n) is 6.69. The van der Waals surface area contributed by atoms with Crippen LogP contribution in [0.3, 0.4) is 0 Å². The highest BCUT2D eigenvalue weighted by Crippen LogP contribution is 2.34. The van der Waals surface area contributed by atoms with Crippen LogP contribution in [0.1, 0.15) is 36.7 Å². The maximum atomic E-state index is 12.6. The minimum atomic E-state index is -1.21. The van der Waals surface area contributed by atoms with Crippen molar-refractivity contribution >= 4 is 17.6 Å². The van der Waals surface area contributed by atoms with Gasteiger partial charge in [-0.05, 0) is 19.3 Å². The summed E-state index contributed by atoms with van der Waals surface area (Å²) in [6.45, 7) is 2.07. The lowest BCUT2D eigenvalue weighted by Crippen LogP contribution is -2.53. The maximum absolute atomic E-state index is 12.6. The summed E-state index contributed by atoms with van der Waals surface area (Å²) in [5, 5.41) is 20.3. The van der Waals surface area contributed by atoms with Crippen LogP contribution in [0, 0.1) is 10.1 Å². The average molecular weight is 295 g/mol. The van der Waals surface area contributed by atoms with Gasteiger partial charge in [-0.1, -0.05) is 6.92 Å². The molecular formula is C13H17N3O5. The van der Waals surface area contributed by atoms with Crippen LogP contribution in [0.5, 0.6) is 0 Å². The highest BCUT2D eigenvalue weighted by atomic mass is 16.6. The molecule has 0 aromatic carbocycles. The van der Waals surface area contributed by atoms with Crippen LogP contribution in [-0.4, -0.2) is 43.5 Å². The quantitative estimate of drug-likeness (QED) is 0.667. The fraction of sp³-hybridized carbons (Fsp3) is 0.538. The largest absolute Gasteiger partial charge is 0.479 e. The lowest BCUT2D eigenvalue weighted by atomic mass is 9.93. The van der Waals surface area contributed by atoms with Gasteiger partial charge in [-0.2, -0.15) is 0 Å². The number of carboxylic acids is 1. The predicted molar refractivity (Wildman–Crippen MR) is 73.0 cm³/mol. The molecule has 1 atom stereocenters. The standard InChI is InChI=1S/C13H17N3O5/c1-3-13(12(18)19)5-4-6-15(13)11(17)10-7-9(16(20)21)8-14(10)2/h7-8H,3-6H2,1-2H3,(H,18,19). The number of nitrogens with zero attached hydrogens (tertiary/aromatic N) is 3. The number of amides is 1. The summed E-state index contributed by atoms with van der Waals surface area (Å²) in [6.07, 6.45) is 2.56. The van der Waals surface area contributed by atoms with Crippen molar-refractivity contribution in [3.8, 4) is 0 Å². The number of hydrogen-bond acceptors (Lipinski definition) is 4. The number of aliphatic carboxylic acids is 1. The molecule has 114 valence electrons. The third kappa shape index (κ3) is 2.26. The molecule has 2 rings (SSSR count). The summed E-state index contributed by atoms with van der Waals surface area (Å²) >= 11 is 0. The van der Waals surface area contributed by atoms with E-state index in [1.54, 1.807) is 6.92 Å². The normalized spacial score (nSPS) is 21.5. The minimum Gasteiger partial charge on any atom is -0.479 e. The molecule has 0 radical (unpaired) electrons. The van der Waals surface area contributed by atoms with Crippen LogP contribution in [-0.2, 0) is 11.8 Å². The summed E-state index contributed by atoms with van der Waals surface area (Å²) in [5.41, 5.74) is -1.27. The summed E-state index contributed by atoms with van der Waals surface area (Å²) in [7, 11) is 1.53. The Hall–Kier alpha value is -2.38. The SMILES string of the molecule is CCC1(C(=O)O)CCCN1C(=O)c1cc([N+](=O)[O-])cn1C. The van der Waals surface area contributed by atoms with E-state index >= 15 is 0 Å². The molecule has 21 heavy (non-hydrogen) atoms. The Morgan fingerprint density at radius 3 is 2.67 bits per heavy atom.